The number of nitrogens with one attached hydrogen (secondary N) is 1. The Kier molecular flexibility index (Phi) is 29.1. The van der Waals surface area contributed by atoms with Crippen LogP contribution in [0.5, 0.6) is 0 Å². The largest absolute Gasteiger partial charge is 0.400 e. The predicted octanol–water partition coefficient (Wildman–Crippen LogP) is 7.46. The lowest BCUT2D eigenvalue weighted by molar-refractivity contribution is 0.356. The fraction of sp³-hybridized carbons (Fsp3) is 1.00. The second kappa shape index (κ2) is 27.1. The molecule has 0 unspecified atom stereocenters. The zero-order valence-corrected chi connectivity index (χ0v) is 21.3. The molecule has 0 atom stereocenters. The van der Waals surface area contributed by atoms with Crippen LogP contribution in [0, 0.1) is 0 Å². The molecule has 0 fully saturated rings. The molecular formula is C24H55N2O3P. The fourth-order valence-corrected chi connectivity index (χ4v) is 3.92. The van der Waals surface area contributed by atoms with Gasteiger partial charge in [0.25, 0.3) is 0 Å². The lowest BCUT2D eigenvalue weighted by Gasteiger charge is -2.05. The van der Waals surface area contributed by atoms with Crippen LogP contribution in [0.15, 0.2) is 0 Å². The van der Waals surface area contributed by atoms with Gasteiger partial charge in [0.05, 0.1) is 0 Å². The molecule has 0 aromatic heterocycles. The van der Waals surface area contributed by atoms with Gasteiger partial charge in [-0.3, -0.25) is 0 Å². The Morgan fingerprint density at radius 3 is 1.17 bits per heavy atom. The molecule has 184 valence electrons. The van der Waals surface area contributed by atoms with E-state index < -0.39 is 7.75 Å². The summed E-state index contributed by atoms with van der Waals surface area (Å²) in [6, 6.07) is 0. The maximum Gasteiger partial charge on any atom is 0.400 e. The maximum atomic E-state index is 10.5. The van der Waals surface area contributed by atoms with Crippen LogP contribution in [0.3, 0.4) is 0 Å². The first-order chi connectivity index (χ1) is 14.5. The van der Waals surface area contributed by atoms with Crippen LogP contribution in [0.1, 0.15) is 142 Å². The summed E-state index contributed by atoms with van der Waals surface area (Å²) >= 11 is 0. The van der Waals surface area contributed by atoms with Crippen molar-refractivity contribution >= 4 is 7.75 Å². The Morgan fingerprint density at radius 2 is 0.867 bits per heavy atom. The molecule has 0 saturated carbocycles. The first-order valence-electron chi connectivity index (χ1n) is 13.0. The monoisotopic (exact) mass is 450 g/mol. The third-order valence-electron chi connectivity index (χ3n) is 5.41. The summed E-state index contributed by atoms with van der Waals surface area (Å²) in [5, 5.41) is 2.21. The van der Waals surface area contributed by atoms with Crippen LogP contribution >= 0.6 is 7.75 Å². The van der Waals surface area contributed by atoms with E-state index in [4.69, 9.17) is 15.5 Å². The third kappa shape index (κ3) is 35.5. The Hall–Kier alpha value is 0.0700. The van der Waals surface area contributed by atoms with Gasteiger partial charge in [0.1, 0.15) is 0 Å². The lowest BCUT2D eigenvalue weighted by atomic mass is 10.1. The van der Waals surface area contributed by atoms with Crippen molar-refractivity contribution in [2.45, 2.75) is 142 Å². The molecule has 0 radical (unpaired) electrons. The van der Waals surface area contributed by atoms with Gasteiger partial charge in [0.15, 0.2) is 0 Å². The highest BCUT2D eigenvalue weighted by Gasteiger charge is 2.09. The average molecular weight is 451 g/mol. The quantitative estimate of drug-likeness (QED) is 0.101. The van der Waals surface area contributed by atoms with E-state index in [0.717, 1.165) is 19.4 Å². The Morgan fingerprint density at radius 1 is 0.567 bits per heavy atom. The molecule has 0 aromatic rings. The molecule has 30 heavy (non-hydrogen) atoms. The number of hydrogen-bond donors (Lipinski definition) is 4. The van der Waals surface area contributed by atoms with E-state index in [9.17, 15) is 4.57 Å². The van der Waals surface area contributed by atoms with Crippen LogP contribution < -0.4 is 10.8 Å². The highest BCUT2D eigenvalue weighted by atomic mass is 31.2. The topological polar surface area (TPSA) is 95.6 Å². The van der Waals surface area contributed by atoms with E-state index in [1.807, 2.05) is 0 Å². The normalized spacial score (nSPS) is 11.4. The van der Waals surface area contributed by atoms with Crippen LogP contribution in [0.25, 0.3) is 0 Å². The molecule has 0 heterocycles. The molecule has 0 aliphatic heterocycles. The van der Waals surface area contributed by atoms with Gasteiger partial charge < -0.3 is 15.5 Å². The van der Waals surface area contributed by atoms with E-state index in [0.29, 0.717) is 6.54 Å². The average Bonchev–Trinajstić information content (AvgIpc) is 2.70. The molecule has 5 nitrogen and oxygen atoms in total. The van der Waals surface area contributed by atoms with Gasteiger partial charge in [-0.25, -0.2) is 9.65 Å². The van der Waals surface area contributed by atoms with E-state index in [2.05, 4.69) is 18.9 Å². The van der Waals surface area contributed by atoms with Crippen LogP contribution in [-0.2, 0) is 4.57 Å². The third-order valence-corrected chi connectivity index (χ3v) is 6.04. The van der Waals surface area contributed by atoms with Crippen molar-refractivity contribution in [3.63, 3.8) is 0 Å². The summed E-state index contributed by atoms with van der Waals surface area (Å²) in [6.07, 6.45) is 26.3. The zero-order chi connectivity index (χ0) is 22.8. The molecule has 0 rings (SSSR count). The zero-order valence-electron chi connectivity index (χ0n) is 20.4. The number of hydrogen-bond acceptors (Lipinski definition) is 2. The summed E-state index contributed by atoms with van der Waals surface area (Å²) in [5.41, 5.74) is 5.42. The van der Waals surface area contributed by atoms with Crippen molar-refractivity contribution in [2.75, 3.05) is 13.1 Å². The SMILES string of the molecule is CCCCCCCCCCCCN.CCCCCCCCCCCCNP(=O)(O)O. The molecule has 0 aliphatic rings. The minimum Gasteiger partial charge on any atom is -0.330 e. The summed E-state index contributed by atoms with van der Waals surface area (Å²) in [6.45, 7) is 5.79. The van der Waals surface area contributed by atoms with Gasteiger partial charge >= 0.3 is 7.75 Å². The minimum absolute atomic E-state index is 0.417. The van der Waals surface area contributed by atoms with Crippen molar-refractivity contribution in [2.24, 2.45) is 5.73 Å². The standard InChI is InChI=1S/C12H28NO3P.C12H27N/c1-2-3-4-5-6-7-8-9-10-11-12-13-17(14,15)16;1-2-3-4-5-6-7-8-9-10-11-12-13/h2-12H2,1H3,(H3,13,14,15,16);2-13H2,1H3. The van der Waals surface area contributed by atoms with Gasteiger partial charge in [-0.05, 0) is 19.4 Å². The number of nitrogens with two attached hydrogens (primary N) is 1. The Balaban J connectivity index is 0. The smallest absolute Gasteiger partial charge is 0.330 e. The van der Waals surface area contributed by atoms with E-state index in [1.54, 1.807) is 0 Å². The molecule has 0 spiro atoms. The van der Waals surface area contributed by atoms with E-state index in [-0.39, 0.29) is 0 Å². The summed E-state index contributed by atoms with van der Waals surface area (Å²) < 4.78 is 10.5. The molecule has 0 amide bonds. The first-order valence-corrected chi connectivity index (χ1v) is 14.6. The fourth-order valence-electron chi connectivity index (χ4n) is 3.47. The summed E-state index contributed by atoms with van der Waals surface area (Å²) in [4.78, 5) is 17.1. The van der Waals surface area contributed by atoms with Crippen molar-refractivity contribution < 1.29 is 14.4 Å². The van der Waals surface area contributed by atoms with Crippen molar-refractivity contribution in [3.05, 3.63) is 0 Å². The Bertz CT molecular complexity index is 341. The van der Waals surface area contributed by atoms with Crippen LogP contribution in [-0.4, -0.2) is 22.9 Å². The first kappa shape index (κ1) is 32.3. The van der Waals surface area contributed by atoms with Gasteiger partial charge in [0, 0.05) is 6.54 Å². The summed E-state index contributed by atoms with van der Waals surface area (Å²) in [7, 11) is -3.99. The Labute approximate surface area is 188 Å². The van der Waals surface area contributed by atoms with Gasteiger partial charge in [-0.15, -0.1) is 0 Å². The van der Waals surface area contributed by atoms with Crippen molar-refractivity contribution in [3.8, 4) is 0 Å². The molecular weight excluding hydrogens is 395 g/mol. The minimum atomic E-state index is -3.99. The molecule has 0 saturated heterocycles. The lowest BCUT2D eigenvalue weighted by Crippen LogP contribution is -2.10. The molecule has 0 aromatic carbocycles. The van der Waals surface area contributed by atoms with Gasteiger partial charge in [-0.2, -0.15) is 0 Å². The highest BCUT2D eigenvalue weighted by molar-refractivity contribution is 7.49. The molecule has 6 heteroatoms. The maximum absolute atomic E-state index is 10.5. The van der Waals surface area contributed by atoms with Crippen molar-refractivity contribution in [1.82, 2.24) is 5.09 Å². The van der Waals surface area contributed by atoms with Crippen LogP contribution in [0.2, 0.25) is 0 Å². The second-order valence-electron chi connectivity index (χ2n) is 8.60. The van der Waals surface area contributed by atoms with E-state index >= 15 is 0 Å². The van der Waals surface area contributed by atoms with Crippen molar-refractivity contribution in [1.29, 1.82) is 0 Å². The van der Waals surface area contributed by atoms with Crippen LogP contribution in [0.4, 0.5) is 0 Å². The molecule has 0 aliphatic carbocycles. The van der Waals surface area contributed by atoms with Gasteiger partial charge in [-0.1, -0.05) is 129 Å². The highest BCUT2D eigenvalue weighted by Crippen LogP contribution is 2.27. The second-order valence-corrected chi connectivity index (χ2v) is 10.0. The molecule has 5 N–H and O–H groups in total. The number of unbranched alkanes of at least 4 members (excludes halogenated alkanes) is 18. The van der Waals surface area contributed by atoms with E-state index in [1.165, 1.54) is 116 Å². The number of rotatable bonds is 22. The summed E-state index contributed by atoms with van der Waals surface area (Å²) in [5.74, 6) is 0. The van der Waals surface area contributed by atoms with Gasteiger partial charge in [0.2, 0.25) is 0 Å². The molecule has 0 bridgehead atoms. The predicted molar refractivity (Wildman–Crippen MR) is 133 cm³/mol.